The van der Waals surface area contributed by atoms with Crippen LogP contribution in [-0.2, 0) is 23.7 Å². The first-order valence-corrected chi connectivity index (χ1v) is 8.95. The minimum Gasteiger partial charge on any atom is -0.493 e. The molecule has 0 amide bonds. The van der Waals surface area contributed by atoms with Gasteiger partial charge in [-0.05, 0) is 44.8 Å². The Balaban J connectivity index is 2.87. The summed E-state index contributed by atoms with van der Waals surface area (Å²) in [7, 11) is 4.31. The third-order valence-corrected chi connectivity index (χ3v) is 4.74. The fourth-order valence-electron chi connectivity index (χ4n) is 2.80. The molecule has 1 rings (SSSR count). The molecule has 0 saturated carbocycles. The maximum atomic E-state index is 11.4. The molecule has 0 radical (unpaired) electrons. The largest absolute Gasteiger partial charge is 0.493 e. The number of esters is 1. The van der Waals surface area contributed by atoms with Gasteiger partial charge in [0.1, 0.15) is 6.10 Å². The summed E-state index contributed by atoms with van der Waals surface area (Å²) in [6.07, 6.45) is 10.1. The normalized spacial score (nSPS) is 24.9. The summed E-state index contributed by atoms with van der Waals surface area (Å²) in [5.74, 6) is 0.641. The highest BCUT2D eigenvalue weighted by Crippen LogP contribution is 2.43. The maximum absolute atomic E-state index is 11.4. The highest BCUT2D eigenvalue weighted by atomic mass is 16.6. The van der Waals surface area contributed by atoms with Crippen LogP contribution in [0.1, 0.15) is 34.1 Å². The Bertz CT molecular complexity index is 668. The first-order valence-electron chi connectivity index (χ1n) is 8.95. The third kappa shape index (κ3) is 6.75. The van der Waals surface area contributed by atoms with Gasteiger partial charge in [0.2, 0.25) is 0 Å². The van der Waals surface area contributed by atoms with Crippen molar-refractivity contribution in [3.63, 3.8) is 0 Å². The Kier molecular flexibility index (Phi) is 8.57. The van der Waals surface area contributed by atoms with Crippen LogP contribution in [0.25, 0.3) is 0 Å². The van der Waals surface area contributed by atoms with Crippen LogP contribution in [0.15, 0.2) is 59.6 Å². The molecular weight excluding hydrogens is 344 g/mol. The highest BCUT2D eigenvalue weighted by molar-refractivity contribution is 5.83. The smallest absolute Gasteiger partial charge is 0.334 e. The van der Waals surface area contributed by atoms with E-state index in [1.165, 1.54) is 33.0 Å². The van der Waals surface area contributed by atoms with Crippen molar-refractivity contribution in [2.45, 2.75) is 45.8 Å². The lowest BCUT2D eigenvalue weighted by molar-refractivity contribution is -0.135. The van der Waals surface area contributed by atoms with Crippen molar-refractivity contribution in [1.29, 1.82) is 0 Å². The Morgan fingerprint density at radius 2 is 1.70 bits per heavy atom. The summed E-state index contributed by atoms with van der Waals surface area (Å²) in [5.41, 5.74) is 2.13. The Labute approximate surface area is 163 Å². The van der Waals surface area contributed by atoms with E-state index in [4.69, 9.17) is 14.2 Å². The zero-order valence-corrected chi connectivity index (χ0v) is 17.5. The average molecular weight is 376 g/mol. The van der Waals surface area contributed by atoms with Gasteiger partial charge in [0, 0.05) is 0 Å². The van der Waals surface area contributed by atoms with E-state index in [0.717, 1.165) is 12.0 Å². The number of methoxy groups -OCH3 is 3. The molecule has 1 unspecified atom stereocenters. The molecule has 0 spiro atoms. The van der Waals surface area contributed by atoms with Crippen molar-refractivity contribution < 1.29 is 23.7 Å². The molecule has 1 saturated heterocycles. The van der Waals surface area contributed by atoms with E-state index in [1.54, 1.807) is 0 Å². The lowest BCUT2D eigenvalue weighted by Crippen LogP contribution is -2.14. The number of carbonyl (C=O) groups excluding carboxylic acids is 1. The zero-order valence-electron chi connectivity index (χ0n) is 17.5. The van der Waals surface area contributed by atoms with E-state index in [2.05, 4.69) is 38.2 Å². The molecule has 0 aromatic carbocycles. The molecule has 0 aliphatic carbocycles. The van der Waals surface area contributed by atoms with Crippen molar-refractivity contribution in [3.8, 4) is 0 Å². The average Bonchev–Trinajstić information content (AvgIpc) is 3.31. The predicted molar refractivity (Wildman–Crippen MR) is 107 cm³/mol. The first kappa shape index (κ1) is 22.8. The summed E-state index contributed by atoms with van der Waals surface area (Å²) in [6, 6.07) is 0. The van der Waals surface area contributed by atoms with Gasteiger partial charge in [0.25, 0.3) is 0 Å². The number of hydrogen-bond donors (Lipinski definition) is 0. The topological polar surface area (TPSA) is 57.3 Å². The van der Waals surface area contributed by atoms with Crippen LogP contribution in [0.5, 0.6) is 0 Å². The van der Waals surface area contributed by atoms with E-state index in [-0.39, 0.29) is 11.7 Å². The molecule has 1 aliphatic heterocycles. The highest BCUT2D eigenvalue weighted by Gasteiger charge is 2.50. The third-order valence-electron chi connectivity index (χ3n) is 4.74. The monoisotopic (exact) mass is 376 g/mol. The van der Waals surface area contributed by atoms with E-state index < -0.39 is 5.97 Å². The zero-order chi connectivity index (χ0) is 20.6. The number of epoxide rings is 1. The predicted octanol–water partition coefficient (Wildman–Crippen LogP) is 4.48. The second-order valence-electron chi connectivity index (χ2n) is 6.96. The van der Waals surface area contributed by atoms with Gasteiger partial charge in [-0.25, -0.2) is 4.79 Å². The quantitative estimate of drug-likeness (QED) is 0.140. The van der Waals surface area contributed by atoms with E-state index in [9.17, 15) is 4.79 Å². The molecule has 27 heavy (non-hydrogen) atoms. The van der Waals surface area contributed by atoms with Crippen LogP contribution in [0, 0.1) is 5.92 Å². The lowest BCUT2D eigenvalue weighted by Gasteiger charge is -2.15. The Hall–Kier alpha value is -2.27. The van der Waals surface area contributed by atoms with Crippen LogP contribution < -0.4 is 0 Å². The molecule has 5 nitrogen and oxygen atoms in total. The fourth-order valence-corrected chi connectivity index (χ4v) is 2.80. The van der Waals surface area contributed by atoms with Crippen LogP contribution >= 0.6 is 0 Å². The molecule has 1 fully saturated rings. The van der Waals surface area contributed by atoms with Gasteiger partial charge in [-0.1, -0.05) is 30.7 Å². The second-order valence-corrected chi connectivity index (χ2v) is 6.96. The van der Waals surface area contributed by atoms with Crippen molar-refractivity contribution in [3.05, 3.63) is 59.6 Å². The van der Waals surface area contributed by atoms with Crippen LogP contribution in [0.4, 0.5) is 0 Å². The second kappa shape index (κ2) is 10.2. The molecule has 1 heterocycles. The summed E-state index contributed by atoms with van der Waals surface area (Å²) >= 11 is 0. The SMILES string of the molecule is C=C[C@@H]1O[C@@]1(C)CC(C)/C(C)=C/C=C(C)\C=C(OC)/C(=C\C(=O)OC)OC. The molecule has 5 heteroatoms. The van der Waals surface area contributed by atoms with E-state index >= 15 is 0 Å². The maximum Gasteiger partial charge on any atom is 0.334 e. The molecule has 0 N–H and O–H groups in total. The van der Waals surface area contributed by atoms with Gasteiger partial charge in [-0.15, -0.1) is 6.58 Å². The summed E-state index contributed by atoms with van der Waals surface area (Å²) < 4.78 is 20.9. The van der Waals surface area contributed by atoms with Gasteiger partial charge in [0.05, 0.1) is 33.0 Å². The van der Waals surface area contributed by atoms with Crippen molar-refractivity contribution in [1.82, 2.24) is 0 Å². The molecule has 3 atom stereocenters. The van der Waals surface area contributed by atoms with Crippen molar-refractivity contribution in [2.24, 2.45) is 5.92 Å². The van der Waals surface area contributed by atoms with Gasteiger partial charge in [-0.2, -0.15) is 0 Å². The van der Waals surface area contributed by atoms with E-state index in [1.807, 2.05) is 25.2 Å². The van der Waals surface area contributed by atoms with Crippen molar-refractivity contribution >= 4 is 5.97 Å². The van der Waals surface area contributed by atoms with Gasteiger partial charge in [-0.3, -0.25) is 0 Å². The molecule has 0 aromatic heterocycles. The number of ether oxygens (including phenoxy) is 4. The lowest BCUT2D eigenvalue weighted by atomic mass is 9.89. The minimum absolute atomic E-state index is 0.0931. The van der Waals surface area contributed by atoms with Gasteiger partial charge in [0.15, 0.2) is 11.5 Å². The first-order chi connectivity index (χ1) is 12.7. The molecular formula is C22H32O5. The summed E-state index contributed by atoms with van der Waals surface area (Å²) in [6.45, 7) is 12.2. The number of allylic oxidation sites excluding steroid dienone is 5. The summed E-state index contributed by atoms with van der Waals surface area (Å²) in [5, 5.41) is 0. The molecule has 0 bridgehead atoms. The number of hydrogen-bond acceptors (Lipinski definition) is 5. The Morgan fingerprint density at radius 3 is 2.19 bits per heavy atom. The van der Waals surface area contributed by atoms with Crippen LogP contribution in [-0.4, -0.2) is 39.0 Å². The summed E-state index contributed by atoms with van der Waals surface area (Å²) in [4.78, 5) is 11.4. The van der Waals surface area contributed by atoms with Gasteiger partial charge >= 0.3 is 5.97 Å². The van der Waals surface area contributed by atoms with Crippen LogP contribution in [0.2, 0.25) is 0 Å². The standard InChI is InChI=1S/C22H32O5/c1-9-20-22(5,27-20)14-17(4)16(3)11-10-15(2)12-18(24-6)19(25-7)13-21(23)26-8/h9-13,17,20H,1,14H2,2-8H3/b15-10-,16-11+,18-12+,19-13+/t17?,20-,22-/m0/s1. The Morgan fingerprint density at radius 1 is 1.11 bits per heavy atom. The number of rotatable bonds is 10. The van der Waals surface area contributed by atoms with Crippen molar-refractivity contribution in [2.75, 3.05) is 21.3 Å². The van der Waals surface area contributed by atoms with Crippen LogP contribution in [0.3, 0.4) is 0 Å². The molecule has 150 valence electrons. The van der Waals surface area contributed by atoms with E-state index in [0.29, 0.717) is 17.4 Å². The minimum atomic E-state index is -0.505. The molecule has 0 aromatic rings. The number of carbonyl (C=O) groups is 1. The molecule has 1 aliphatic rings. The van der Waals surface area contributed by atoms with Gasteiger partial charge < -0.3 is 18.9 Å². The fraction of sp³-hybridized carbons (Fsp3) is 0.500.